The minimum Gasteiger partial charge on any atom is -0.482 e. The fourth-order valence-electron chi connectivity index (χ4n) is 3.13. The molecule has 2 aromatic carbocycles. The molecule has 1 heterocycles. The molecule has 160 valence electrons. The Hall–Kier alpha value is -3.62. The van der Waals surface area contributed by atoms with Crippen LogP contribution in [0.4, 0.5) is 4.39 Å². The number of esters is 1. The van der Waals surface area contributed by atoms with Crippen LogP contribution in [-0.2, 0) is 4.74 Å². The molecule has 0 amide bonds. The molecule has 1 unspecified atom stereocenters. The maximum Gasteiger partial charge on any atom is 0.340 e. The largest absolute Gasteiger partial charge is 0.482 e. The van der Waals surface area contributed by atoms with Gasteiger partial charge in [-0.3, -0.25) is 4.79 Å². The molecule has 4 rings (SSSR count). The van der Waals surface area contributed by atoms with Crippen molar-refractivity contribution in [3.05, 3.63) is 65.2 Å². The maximum atomic E-state index is 14.2. The van der Waals surface area contributed by atoms with Crippen LogP contribution in [0.5, 0.6) is 5.75 Å². The van der Waals surface area contributed by atoms with E-state index in [-0.39, 0.29) is 17.3 Å². The van der Waals surface area contributed by atoms with Crippen molar-refractivity contribution in [1.29, 1.82) is 0 Å². The number of carbonyl (C=O) groups excluding carboxylic acids is 2. The highest BCUT2D eigenvalue weighted by Crippen LogP contribution is 2.33. The third-order valence-corrected chi connectivity index (χ3v) is 5.04. The van der Waals surface area contributed by atoms with E-state index < -0.39 is 17.9 Å². The van der Waals surface area contributed by atoms with Crippen molar-refractivity contribution in [2.75, 3.05) is 7.11 Å². The molecule has 0 N–H and O–H groups in total. The SMILES string of the molecule is CCC(Oc1ccc(C(=O)C2CC2)cc1)c1nnn(-c2ccc(C(=O)OC)c(F)c2)n1. The lowest BCUT2D eigenvalue weighted by atomic mass is 10.1. The van der Waals surface area contributed by atoms with Gasteiger partial charge in [-0.1, -0.05) is 6.92 Å². The molecule has 8 nitrogen and oxygen atoms in total. The first-order valence-corrected chi connectivity index (χ1v) is 9.99. The Morgan fingerprint density at radius 2 is 1.94 bits per heavy atom. The Kier molecular flexibility index (Phi) is 5.75. The Labute approximate surface area is 178 Å². The van der Waals surface area contributed by atoms with Crippen molar-refractivity contribution in [3.63, 3.8) is 0 Å². The number of hydrogen-bond donors (Lipinski definition) is 0. The quantitative estimate of drug-likeness (QED) is 0.402. The van der Waals surface area contributed by atoms with E-state index in [1.807, 2.05) is 6.92 Å². The monoisotopic (exact) mass is 424 g/mol. The summed E-state index contributed by atoms with van der Waals surface area (Å²) in [5.41, 5.74) is 0.816. The van der Waals surface area contributed by atoms with Crippen molar-refractivity contribution in [1.82, 2.24) is 20.2 Å². The summed E-state index contributed by atoms with van der Waals surface area (Å²) in [4.78, 5) is 24.8. The van der Waals surface area contributed by atoms with Crippen LogP contribution in [0.1, 0.15) is 58.8 Å². The van der Waals surface area contributed by atoms with E-state index in [4.69, 9.17) is 4.74 Å². The van der Waals surface area contributed by atoms with Crippen molar-refractivity contribution >= 4 is 11.8 Å². The number of rotatable bonds is 8. The molecule has 3 aromatic rings. The number of halogens is 1. The number of carbonyl (C=O) groups is 2. The topological polar surface area (TPSA) is 96.2 Å². The van der Waals surface area contributed by atoms with Gasteiger partial charge in [0.2, 0.25) is 5.82 Å². The van der Waals surface area contributed by atoms with Crippen molar-refractivity contribution in [3.8, 4) is 11.4 Å². The summed E-state index contributed by atoms with van der Waals surface area (Å²) in [7, 11) is 1.18. The summed E-state index contributed by atoms with van der Waals surface area (Å²) in [6.45, 7) is 1.92. The summed E-state index contributed by atoms with van der Waals surface area (Å²) < 4.78 is 24.7. The first-order valence-electron chi connectivity index (χ1n) is 9.99. The van der Waals surface area contributed by atoms with Crippen LogP contribution in [0.2, 0.25) is 0 Å². The van der Waals surface area contributed by atoms with E-state index in [2.05, 4.69) is 20.1 Å². The average Bonchev–Trinajstić information content (AvgIpc) is 3.53. The van der Waals surface area contributed by atoms with Gasteiger partial charge in [0.1, 0.15) is 11.6 Å². The molecule has 9 heteroatoms. The van der Waals surface area contributed by atoms with Crippen LogP contribution < -0.4 is 4.74 Å². The van der Waals surface area contributed by atoms with E-state index in [1.165, 1.54) is 24.0 Å². The van der Waals surface area contributed by atoms with Gasteiger partial charge in [0.05, 0.1) is 18.4 Å². The molecule has 1 aliphatic carbocycles. The molecule has 1 atom stereocenters. The van der Waals surface area contributed by atoms with E-state index in [9.17, 15) is 14.0 Å². The smallest absolute Gasteiger partial charge is 0.340 e. The van der Waals surface area contributed by atoms with Gasteiger partial charge < -0.3 is 9.47 Å². The van der Waals surface area contributed by atoms with Crippen LogP contribution in [0.25, 0.3) is 5.69 Å². The highest BCUT2D eigenvalue weighted by molar-refractivity contribution is 5.99. The molecule has 0 aliphatic heterocycles. The fraction of sp³-hybridized carbons (Fsp3) is 0.318. The number of methoxy groups -OCH3 is 1. The zero-order valence-electron chi connectivity index (χ0n) is 17.1. The molecule has 31 heavy (non-hydrogen) atoms. The molecule has 1 saturated carbocycles. The minimum atomic E-state index is -0.763. The van der Waals surface area contributed by atoms with Crippen LogP contribution >= 0.6 is 0 Å². The van der Waals surface area contributed by atoms with Crippen molar-refractivity contribution < 1.29 is 23.5 Å². The van der Waals surface area contributed by atoms with Crippen LogP contribution in [-0.4, -0.2) is 39.1 Å². The molecule has 1 fully saturated rings. The lowest BCUT2D eigenvalue weighted by molar-refractivity contribution is 0.0595. The van der Waals surface area contributed by atoms with Gasteiger partial charge >= 0.3 is 5.97 Å². The summed E-state index contributed by atoms with van der Waals surface area (Å²) in [6, 6.07) is 11.0. The van der Waals surface area contributed by atoms with E-state index in [0.717, 1.165) is 18.9 Å². The van der Waals surface area contributed by atoms with Crippen molar-refractivity contribution in [2.24, 2.45) is 5.92 Å². The molecule has 0 bridgehead atoms. The molecule has 0 spiro atoms. The number of tetrazole rings is 1. The lowest BCUT2D eigenvalue weighted by Gasteiger charge is -2.14. The standard InChI is InChI=1S/C22H21FN4O4/c1-3-19(31-16-9-6-14(7-10-16)20(28)13-4-5-13)21-24-26-27(25-21)15-8-11-17(18(23)12-15)22(29)30-2/h6-13,19H,3-5H2,1-2H3. The van der Waals surface area contributed by atoms with Gasteiger partial charge in [0.15, 0.2) is 11.9 Å². The Morgan fingerprint density at radius 3 is 2.55 bits per heavy atom. The first-order chi connectivity index (χ1) is 15.0. The normalized spacial score (nSPS) is 14.2. The van der Waals surface area contributed by atoms with Crippen molar-refractivity contribution in [2.45, 2.75) is 32.3 Å². The maximum absolute atomic E-state index is 14.2. The fourth-order valence-corrected chi connectivity index (χ4v) is 3.13. The zero-order chi connectivity index (χ0) is 22.0. The molecule has 1 aliphatic rings. The van der Waals surface area contributed by atoms with Gasteiger partial charge in [-0.05, 0) is 60.9 Å². The number of benzene rings is 2. The molecule has 0 radical (unpaired) electrons. The van der Waals surface area contributed by atoms with Crippen LogP contribution in [0.3, 0.4) is 0 Å². The van der Waals surface area contributed by atoms with Gasteiger partial charge in [-0.2, -0.15) is 0 Å². The summed E-state index contributed by atoms with van der Waals surface area (Å²) in [5.74, 6) is -0.246. The number of ether oxygens (including phenoxy) is 2. The number of aromatic nitrogens is 4. The number of hydrogen-bond acceptors (Lipinski definition) is 7. The van der Waals surface area contributed by atoms with Gasteiger partial charge in [-0.15, -0.1) is 15.0 Å². The summed E-state index contributed by atoms with van der Waals surface area (Å²) in [5, 5.41) is 12.3. The first kappa shape index (κ1) is 20.6. The highest BCUT2D eigenvalue weighted by Gasteiger charge is 2.30. The number of ketones is 1. The molecule has 1 aromatic heterocycles. The van der Waals surface area contributed by atoms with Gasteiger partial charge in [0, 0.05) is 17.5 Å². The molecular formula is C22H21FN4O4. The molecular weight excluding hydrogens is 403 g/mol. The Balaban J connectivity index is 1.48. The number of nitrogens with zero attached hydrogens (tertiary/aromatic N) is 4. The zero-order valence-corrected chi connectivity index (χ0v) is 17.1. The second kappa shape index (κ2) is 8.63. The third kappa shape index (κ3) is 4.45. The highest BCUT2D eigenvalue weighted by atomic mass is 19.1. The van der Waals surface area contributed by atoms with E-state index in [1.54, 1.807) is 24.3 Å². The predicted octanol–water partition coefficient (Wildman–Crippen LogP) is 3.71. The Bertz CT molecular complexity index is 1110. The van der Waals surface area contributed by atoms with E-state index >= 15 is 0 Å². The predicted molar refractivity (Wildman–Crippen MR) is 108 cm³/mol. The second-order valence-corrected chi connectivity index (χ2v) is 7.27. The second-order valence-electron chi connectivity index (χ2n) is 7.27. The summed E-state index contributed by atoms with van der Waals surface area (Å²) >= 11 is 0. The summed E-state index contributed by atoms with van der Waals surface area (Å²) in [6.07, 6.45) is 2.03. The van der Waals surface area contributed by atoms with Gasteiger partial charge in [0.25, 0.3) is 0 Å². The van der Waals surface area contributed by atoms with Gasteiger partial charge in [-0.25, -0.2) is 9.18 Å². The number of Topliss-reactive ketones (excluding diaryl/α,β-unsaturated/α-hetero) is 1. The van der Waals surface area contributed by atoms with E-state index in [0.29, 0.717) is 29.2 Å². The van der Waals surface area contributed by atoms with Crippen LogP contribution in [0.15, 0.2) is 42.5 Å². The van der Waals surface area contributed by atoms with Crippen LogP contribution in [0, 0.1) is 11.7 Å². The Morgan fingerprint density at radius 1 is 1.19 bits per heavy atom. The average molecular weight is 424 g/mol. The lowest BCUT2D eigenvalue weighted by Crippen LogP contribution is -2.10. The molecule has 0 saturated heterocycles. The third-order valence-electron chi connectivity index (χ3n) is 5.04. The minimum absolute atomic E-state index is 0.168.